The quantitative estimate of drug-likeness (QED) is 0.652. The molecule has 0 aromatic carbocycles. The molecule has 3 atom stereocenters. The fourth-order valence-corrected chi connectivity index (χ4v) is 3.23. The highest BCUT2D eigenvalue weighted by atomic mass is 35.5. The Morgan fingerprint density at radius 2 is 2.38 bits per heavy atom. The van der Waals surface area contributed by atoms with E-state index in [2.05, 4.69) is 17.4 Å². The van der Waals surface area contributed by atoms with Crippen LogP contribution in [0.3, 0.4) is 0 Å². The van der Waals surface area contributed by atoms with Crippen LogP contribution in [0.25, 0.3) is 0 Å². The largest absolute Gasteiger partial charge is 0.201 e. The third-order valence-corrected chi connectivity index (χ3v) is 4.23. The molecular formula is C10H14ClNS. The lowest BCUT2D eigenvalue weighted by molar-refractivity contribution is 0.338. The van der Waals surface area contributed by atoms with Crippen LogP contribution in [0, 0.1) is 5.92 Å². The minimum absolute atomic E-state index is 0.378. The maximum absolute atomic E-state index is 6.18. The molecule has 1 aromatic rings. The molecule has 1 saturated carbocycles. The first-order chi connectivity index (χ1) is 6.27. The van der Waals surface area contributed by atoms with E-state index >= 15 is 0 Å². The van der Waals surface area contributed by atoms with E-state index in [0.717, 1.165) is 12.3 Å². The van der Waals surface area contributed by atoms with Gasteiger partial charge in [-0.05, 0) is 48.7 Å². The van der Waals surface area contributed by atoms with Gasteiger partial charge in [0.2, 0.25) is 0 Å². The molecule has 13 heavy (non-hydrogen) atoms. The van der Waals surface area contributed by atoms with Crippen LogP contribution in [0.1, 0.15) is 37.0 Å². The molecular weight excluding hydrogens is 202 g/mol. The molecule has 1 heterocycles. The van der Waals surface area contributed by atoms with Crippen LogP contribution in [0.2, 0.25) is 0 Å². The van der Waals surface area contributed by atoms with Crippen molar-refractivity contribution in [2.45, 2.75) is 37.5 Å². The van der Waals surface area contributed by atoms with Gasteiger partial charge in [-0.1, -0.05) is 6.92 Å². The summed E-state index contributed by atoms with van der Waals surface area (Å²) in [5.41, 5.74) is 0. The summed E-state index contributed by atoms with van der Waals surface area (Å²) in [6.07, 6.45) is 5.46. The zero-order chi connectivity index (χ0) is 9.26. The molecule has 2 rings (SSSR count). The summed E-state index contributed by atoms with van der Waals surface area (Å²) in [6, 6.07) is 2.14. The van der Waals surface area contributed by atoms with Crippen molar-refractivity contribution in [1.29, 1.82) is 0 Å². The maximum atomic E-state index is 6.18. The number of alkyl halides is 1. The van der Waals surface area contributed by atoms with Crippen molar-refractivity contribution in [3.63, 3.8) is 0 Å². The van der Waals surface area contributed by atoms with Crippen molar-refractivity contribution in [3.8, 4) is 0 Å². The zero-order valence-electron chi connectivity index (χ0n) is 7.74. The third-order valence-electron chi connectivity index (χ3n) is 2.96. The summed E-state index contributed by atoms with van der Waals surface area (Å²) in [7, 11) is 0. The Labute approximate surface area is 88.3 Å². The molecule has 3 unspecified atom stereocenters. The Morgan fingerprint density at radius 3 is 3.08 bits per heavy atom. The standard InChI is InChI=1S/C10H14ClNS/c1-7-2-3-8(11)6-9(7)10-4-5-12-13-10/h4-5,7-9H,2-3,6H2,1H3. The second-order valence-corrected chi connectivity index (χ2v) is 5.39. The van der Waals surface area contributed by atoms with Crippen LogP contribution in [-0.4, -0.2) is 9.75 Å². The molecule has 1 fully saturated rings. The van der Waals surface area contributed by atoms with Crippen LogP contribution >= 0.6 is 23.1 Å². The van der Waals surface area contributed by atoms with Crippen molar-refractivity contribution < 1.29 is 0 Å². The molecule has 0 bridgehead atoms. The molecule has 0 saturated heterocycles. The number of aromatic nitrogens is 1. The number of halogens is 1. The van der Waals surface area contributed by atoms with E-state index in [1.807, 2.05) is 6.20 Å². The fraction of sp³-hybridized carbons (Fsp3) is 0.700. The van der Waals surface area contributed by atoms with E-state index in [1.165, 1.54) is 17.7 Å². The molecule has 0 aliphatic heterocycles. The van der Waals surface area contributed by atoms with Gasteiger partial charge in [0, 0.05) is 16.5 Å². The molecule has 72 valence electrons. The number of rotatable bonds is 1. The third kappa shape index (κ3) is 2.05. The zero-order valence-corrected chi connectivity index (χ0v) is 9.31. The van der Waals surface area contributed by atoms with Gasteiger partial charge < -0.3 is 0 Å². The molecule has 0 N–H and O–H groups in total. The summed E-state index contributed by atoms with van der Waals surface area (Å²) in [6.45, 7) is 2.33. The molecule has 0 radical (unpaired) electrons. The lowest BCUT2D eigenvalue weighted by Gasteiger charge is -2.30. The first-order valence-corrected chi connectivity index (χ1v) is 6.03. The second kappa shape index (κ2) is 3.97. The fourth-order valence-electron chi connectivity index (χ4n) is 2.08. The second-order valence-electron chi connectivity index (χ2n) is 3.91. The van der Waals surface area contributed by atoms with Gasteiger partial charge in [0.15, 0.2) is 0 Å². The van der Waals surface area contributed by atoms with Gasteiger partial charge in [0.25, 0.3) is 0 Å². The highest BCUT2D eigenvalue weighted by Gasteiger charge is 2.28. The Hall–Kier alpha value is -0.0800. The SMILES string of the molecule is CC1CCC(Cl)CC1c1ccns1. The summed E-state index contributed by atoms with van der Waals surface area (Å²) >= 11 is 7.80. The van der Waals surface area contributed by atoms with E-state index in [-0.39, 0.29) is 0 Å². The van der Waals surface area contributed by atoms with Gasteiger partial charge in [-0.3, -0.25) is 0 Å². The summed E-state index contributed by atoms with van der Waals surface area (Å²) in [4.78, 5) is 1.41. The van der Waals surface area contributed by atoms with Crippen molar-refractivity contribution in [1.82, 2.24) is 4.37 Å². The molecule has 0 amide bonds. The van der Waals surface area contributed by atoms with Crippen LogP contribution in [-0.2, 0) is 0 Å². The first-order valence-electron chi connectivity index (χ1n) is 4.82. The Morgan fingerprint density at radius 1 is 1.54 bits per heavy atom. The van der Waals surface area contributed by atoms with Crippen LogP contribution < -0.4 is 0 Å². The van der Waals surface area contributed by atoms with Crippen molar-refractivity contribution in [2.75, 3.05) is 0 Å². The summed E-state index contributed by atoms with van der Waals surface area (Å²) < 4.78 is 4.16. The number of nitrogens with zero attached hydrogens (tertiary/aromatic N) is 1. The monoisotopic (exact) mass is 215 g/mol. The topological polar surface area (TPSA) is 12.9 Å². The van der Waals surface area contributed by atoms with Gasteiger partial charge in [-0.15, -0.1) is 11.6 Å². The van der Waals surface area contributed by atoms with Crippen LogP contribution in [0.15, 0.2) is 12.3 Å². The van der Waals surface area contributed by atoms with Gasteiger partial charge >= 0.3 is 0 Å². The van der Waals surface area contributed by atoms with E-state index in [0.29, 0.717) is 11.3 Å². The Balaban J connectivity index is 2.12. The van der Waals surface area contributed by atoms with Crippen LogP contribution in [0.4, 0.5) is 0 Å². The summed E-state index contributed by atoms with van der Waals surface area (Å²) in [5.74, 6) is 1.43. The minimum Gasteiger partial charge on any atom is -0.201 e. The highest BCUT2D eigenvalue weighted by Crippen LogP contribution is 2.40. The molecule has 3 heteroatoms. The lowest BCUT2D eigenvalue weighted by Crippen LogP contribution is -2.20. The normalized spacial score (nSPS) is 34.8. The van der Waals surface area contributed by atoms with Crippen LogP contribution in [0.5, 0.6) is 0 Å². The number of hydrogen-bond donors (Lipinski definition) is 0. The smallest absolute Gasteiger partial charge is 0.0409 e. The van der Waals surface area contributed by atoms with Crippen molar-refractivity contribution in [2.24, 2.45) is 5.92 Å². The van der Waals surface area contributed by atoms with E-state index in [1.54, 1.807) is 11.5 Å². The maximum Gasteiger partial charge on any atom is 0.0409 e. The molecule has 1 aliphatic carbocycles. The molecule has 0 spiro atoms. The van der Waals surface area contributed by atoms with Gasteiger partial charge in [-0.2, -0.15) is 0 Å². The van der Waals surface area contributed by atoms with Crippen molar-refractivity contribution in [3.05, 3.63) is 17.1 Å². The van der Waals surface area contributed by atoms with E-state index < -0.39 is 0 Å². The Bertz CT molecular complexity index is 260. The number of hydrogen-bond acceptors (Lipinski definition) is 2. The molecule has 1 nitrogen and oxygen atoms in total. The summed E-state index contributed by atoms with van der Waals surface area (Å²) in [5, 5.41) is 0.378. The van der Waals surface area contributed by atoms with Crippen molar-refractivity contribution >= 4 is 23.1 Å². The lowest BCUT2D eigenvalue weighted by atomic mass is 9.79. The van der Waals surface area contributed by atoms with Gasteiger partial charge in [-0.25, -0.2) is 4.37 Å². The molecule has 1 aliphatic rings. The highest BCUT2D eigenvalue weighted by molar-refractivity contribution is 7.05. The van der Waals surface area contributed by atoms with Gasteiger partial charge in [0.1, 0.15) is 0 Å². The average Bonchev–Trinajstić information content (AvgIpc) is 2.61. The van der Waals surface area contributed by atoms with Gasteiger partial charge in [0.05, 0.1) is 0 Å². The first kappa shape index (κ1) is 9.47. The average molecular weight is 216 g/mol. The molecule has 1 aromatic heterocycles. The van der Waals surface area contributed by atoms with E-state index in [9.17, 15) is 0 Å². The predicted molar refractivity (Wildman–Crippen MR) is 57.5 cm³/mol. The van der Waals surface area contributed by atoms with E-state index in [4.69, 9.17) is 11.6 Å². The Kier molecular flexibility index (Phi) is 2.89. The predicted octanol–water partition coefficient (Wildman–Crippen LogP) is 3.65. The minimum atomic E-state index is 0.378.